The first-order valence-corrected chi connectivity index (χ1v) is 10.2. The highest BCUT2D eigenvalue weighted by Gasteiger charge is 2.14. The van der Waals surface area contributed by atoms with Crippen LogP contribution in [0.3, 0.4) is 0 Å². The van der Waals surface area contributed by atoms with Gasteiger partial charge in [-0.2, -0.15) is 5.10 Å². The monoisotopic (exact) mass is 471 g/mol. The summed E-state index contributed by atoms with van der Waals surface area (Å²) in [4.78, 5) is 23.9. The van der Waals surface area contributed by atoms with Crippen LogP contribution < -0.4 is 20.2 Å². The minimum atomic E-state index is -0.942. The Morgan fingerprint density at radius 3 is 2.50 bits per heavy atom. The molecule has 3 aromatic carbocycles. The van der Waals surface area contributed by atoms with Gasteiger partial charge in [-0.05, 0) is 41.5 Å². The van der Waals surface area contributed by atoms with Crippen LogP contribution in [0.1, 0.15) is 11.1 Å². The number of ether oxygens (including phenoxy) is 2. The van der Waals surface area contributed by atoms with Gasteiger partial charge in [-0.3, -0.25) is 9.59 Å². The fraction of sp³-hybridized carbons (Fsp3) is 0.0870. The van der Waals surface area contributed by atoms with E-state index in [9.17, 15) is 9.59 Å². The van der Waals surface area contributed by atoms with E-state index in [1.165, 1.54) is 19.4 Å². The smallest absolute Gasteiger partial charge is 0.329 e. The molecule has 2 N–H and O–H groups in total. The van der Waals surface area contributed by atoms with Gasteiger partial charge in [0.2, 0.25) is 0 Å². The van der Waals surface area contributed by atoms with Gasteiger partial charge in [0.05, 0.1) is 18.3 Å². The molecule has 0 fully saturated rings. The van der Waals surface area contributed by atoms with Crippen LogP contribution in [0.4, 0.5) is 5.69 Å². The average Bonchev–Trinajstić information content (AvgIpc) is 2.78. The van der Waals surface area contributed by atoms with Gasteiger partial charge in [0.25, 0.3) is 0 Å². The van der Waals surface area contributed by atoms with Crippen LogP contribution in [0.25, 0.3) is 0 Å². The summed E-state index contributed by atoms with van der Waals surface area (Å²) in [6.07, 6.45) is 1.33. The van der Waals surface area contributed by atoms with Gasteiger partial charge in [-0.15, -0.1) is 0 Å². The molecule has 2 amide bonds. The molecular weight excluding hydrogens is 453 g/mol. The molecular formula is C23H19Cl2N3O4. The number of carbonyl (C=O) groups excluding carboxylic acids is 2. The van der Waals surface area contributed by atoms with Gasteiger partial charge in [-0.25, -0.2) is 5.43 Å². The van der Waals surface area contributed by atoms with Crippen LogP contribution in [-0.2, 0) is 16.2 Å². The summed E-state index contributed by atoms with van der Waals surface area (Å²) in [5.74, 6) is -1.04. The van der Waals surface area contributed by atoms with E-state index in [1.807, 2.05) is 30.3 Å². The maximum Gasteiger partial charge on any atom is 0.329 e. The first-order chi connectivity index (χ1) is 15.5. The summed E-state index contributed by atoms with van der Waals surface area (Å²) >= 11 is 12.2. The molecule has 0 aliphatic carbocycles. The van der Waals surface area contributed by atoms with Crippen molar-refractivity contribution in [2.24, 2.45) is 5.10 Å². The lowest BCUT2D eigenvalue weighted by molar-refractivity contribution is -0.136. The number of methoxy groups -OCH3 is 1. The Kier molecular flexibility index (Phi) is 8.08. The predicted molar refractivity (Wildman–Crippen MR) is 125 cm³/mol. The van der Waals surface area contributed by atoms with Crippen molar-refractivity contribution in [2.75, 3.05) is 12.4 Å². The Balaban J connectivity index is 1.61. The van der Waals surface area contributed by atoms with Crippen LogP contribution >= 0.6 is 23.2 Å². The first-order valence-electron chi connectivity index (χ1n) is 9.40. The Hall–Kier alpha value is -3.55. The van der Waals surface area contributed by atoms with E-state index < -0.39 is 11.8 Å². The fourth-order valence-electron chi connectivity index (χ4n) is 2.65. The van der Waals surface area contributed by atoms with E-state index in [-0.39, 0.29) is 0 Å². The molecule has 0 atom stereocenters. The molecule has 0 heterocycles. The highest BCUT2D eigenvalue weighted by atomic mass is 35.5. The topological polar surface area (TPSA) is 89.0 Å². The highest BCUT2D eigenvalue weighted by molar-refractivity contribution is 6.39. The quantitative estimate of drug-likeness (QED) is 0.297. The van der Waals surface area contributed by atoms with Gasteiger partial charge in [0, 0.05) is 10.7 Å². The van der Waals surface area contributed by atoms with E-state index >= 15 is 0 Å². The zero-order valence-corrected chi connectivity index (χ0v) is 18.5. The molecule has 0 radical (unpaired) electrons. The second-order valence-corrected chi connectivity index (χ2v) is 7.32. The number of hydrazone groups is 1. The molecule has 3 rings (SSSR count). The maximum atomic E-state index is 12.0. The molecule has 0 saturated heterocycles. The number of halogens is 2. The normalized spacial score (nSPS) is 10.6. The summed E-state index contributed by atoms with van der Waals surface area (Å²) < 4.78 is 11.2. The molecule has 0 aromatic heterocycles. The van der Waals surface area contributed by atoms with E-state index in [0.29, 0.717) is 39.4 Å². The molecule has 7 nitrogen and oxygen atoms in total. The molecule has 0 spiro atoms. The number of amides is 2. The van der Waals surface area contributed by atoms with Crippen molar-refractivity contribution < 1.29 is 19.1 Å². The minimum absolute atomic E-state index is 0.312. The summed E-state index contributed by atoms with van der Waals surface area (Å²) in [6, 6.07) is 19.3. The maximum absolute atomic E-state index is 12.0. The van der Waals surface area contributed by atoms with Crippen molar-refractivity contribution in [1.82, 2.24) is 5.43 Å². The molecule has 32 heavy (non-hydrogen) atoms. The van der Waals surface area contributed by atoms with Crippen LogP contribution in [0.15, 0.2) is 71.8 Å². The number of carbonyl (C=O) groups is 2. The van der Waals surface area contributed by atoms with Crippen molar-refractivity contribution in [1.29, 1.82) is 0 Å². The summed E-state index contributed by atoms with van der Waals surface area (Å²) in [6.45, 7) is 0.322. The average molecular weight is 472 g/mol. The van der Waals surface area contributed by atoms with E-state index in [2.05, 4.69) is 15.8 Å². The first kappa shape index (κ1) is 23.1. The van der Waals surface area contributed by atoms with Gasteiger partial charge in [0.1, 0.15) is 6.61 Å². The molecule has 164 valence electrons. The molecule has 0 bridgehead atoms. The lowest BCUT2D eigenvalue weighted by Crippen LogP contribution is -2.32. The predicted octanol–water partition coefficient (Wildman–Crippen LogP) is 4.67. The van der Waals surface area contributed by atoms with Crippen molar-refractivity contribution in [2.45, 2.75) is 6.61 Å². The molecule has 0 aliphatic rings. The van der Waals surface area contributed by atoms with Gasteiger partial charge in [-0.1, -0.05) is 59.6 Å². The molecule has 3 aromatic rings. The lowest BCUT2D eigenvalue weighted by Gasteiger charge is -2.13. The Labute approximate surface area is 194 Å². The number of rotatable bonds is 7. The van der Waals surface area contributed by atoms with Gasteiger partial charge >= 0.3 is 11.8 Å². The summed E-state index contributed by atoms with van der Waals surface area (Å²) in [5.41, 5.74) is 4.07. The lowest BCUT2D eigenvalue weighted by atomic mass is 10.2. The number of benzene rings is 3. The van der Waals surface area contributed by atoms with Crippen molar-refractivity contribution in [3.63, 3.8) is 0 Å². The van der Waals surface area contributed by atoms with E-state index in [4.69, 9.17) is 32.7 Å². The third kappa shape index (κ3) is 6.47. The Bertz CT molecular complexity index is 1140. The third-order valence-corrected chi connectivity index (χ3v) is 4.66. The second-order valence-electron chi connectivity index (χ2n) is 6.47. The minimum Gasteiger partial charge on any atom is -0.493 e. The third-order valence-electron chi connectivity index (χ3n) is 4.15. The van der Waals surface area contributed by atoms with Crippen LogP contribution in [-0.4, -0.2) is 25.1 Å². The van der Waals surface area contributed by atoms with Crippen molar-refractivity contribution in [3.05, 3.63) is 87.9 Å². The molecule has 0 saturated carbocycles. The van der Waals surface area contributed by atoms with Crippen LogP contribution in [0.5, 0.6) is 11.5 Å². The zero-order chi connectivity index (χ0) is 22.9. The van der Waals surface area contributed by atoms with Gasteiger partial charge in [0.15, 0.2) is 11.5 Å². The van der Waals surface area contributed by atoms with E-state index in [1.54, 1.807) is 30.3 Å². The Morgan fingerprint density at radius 2 is 1.78 bits per heavy atom. The highest BCUT2D eigenvalue weighted by Crippen LogP contribution is 2.36. The SMILES string of the molecule is COc1cc(/C=N\NC(=O)C(=O)Nc2cccc(Cl)c2)cc(Cl)c1OCc1ccccc1. The molecule has 0 aliphatic heterocycles. The number of hydrogen-bond acceptors (Lipinski definition) is 5. The fourth-order valence-corrected chi connectivity index (χ4v) is 3.12. The zero-order valence-electron chi connectivity index (χ0n) is 17.0. The van der Waals surface area contributed by atoms with Crippen LogP contribution in [0.2, 0.25) is 10.0 Å². The van der Waals surface area contributed by atoms with Gasteiger partial charge < -0.3 is 14.8 Å². The largest absolute Gasteiger partial charge is 0.493 e. The summed E-state index contributed by atoms with van der Waals surface area (Å²) in [5, 5.41) is 6.97. The number of nitrogens with one attached hydrogen (secondary N) is 2. The summed E-state index contributed by atoms with van der Waals surface area (Å²) in [7, 11) is 1.49. The number of anilines is 1. The number of nitrogens with zero attached hydrogens (tertiary/aromatic N) is 1. The Morgan fingerprint density at radius 1 is 1.00 bits per heavy atom. The molecule has 9 heteroatoms. The van der Waals surface area contributed by atoms with E-state index in [0.717, 1.165) is 5.56 Å². The second kappa shape index (κ2) is 11.2. The van der Waals surface area contributed by atoms with Crippen molar-refractivity contribution in [3.8, 4) is 11.5 Å². The molecule has 0 unspecified atom stereocenters. The van der Waals surface area contributed by atoms with Crippen molar-refractivity contribution >= 4 is 46.9 Å². The standard InChI is InChI=1S/C23H19Cl2N3O4/c1-31-20-11-16(10-19(25)21(20)32-14-15-6-3-2-4-7-15)13-26-28-23(30)22(29)27-18-9-5-8-17(24)12-18/h2-13H,14H2,1H3,(H,27,29)(H,28,30)/b26-13-. The van der Waals surface area contributed by atoms with Crippen LogP contribution in [0, 0.1) is 0 Å². The number of hydrogen-bond donors (Lipinski definition) is 2.